The van der Waals surface area contributed by atoms with E-state index in [4.69, 9.17) is 14.5 Å². The normalized spacial score (nSPS) is 11.8. The number of aromatic nitrogens is 4. The number of hydrogen-bond donors (Lipinski definition) is 0. The molecule has 0 aliphatic carbocycles. The van der Waals surface area contributed by atoms with E-state index in [1.807, 2.05) is 72.9 Å². The fourth-order valence-corrected chi connectivity index (χ4v) is 9.46. The SMILES string of the molecule is [Pt].[c-]1c(Oc2[c-]c3c(cc2)c2ccccc2n3-c2cc(N3c4ccccc4Oc4ccccc43)ccn2)cccc1-n1[c-][n+](-c2c(-c3ccccc3)cccc2-c2ccccc2)c2ccccc21. The molecule has 0 spiro atoms. The zero-order valence-corrected chi connectivity index (χ0v) is 38.5. The number of anilines is 3. The Bertz CT molecular complexity index is 3740. The molecular formula is C60H37N5O2Pt-2. The van der Waals surface area contributed by atoms with Crippen LogP contribution in [0.2, 0.25) is 0 Å². The molecule has 0 saturated heterocycles. The predicted molar refractivity (Wildman–Crippen MR) is 266 cm³/mol. The fraction of sp³-hybridized carbons (Fsp3) is 0. The minimum absolute atomic E-state index is 0. The van der Waals surface area contributed by atoms with E-state index in [1.165, 1.54) is 0 Å². The zero-order valence-electron chi connectivity index (χ0n) is 36.2. The molecule has 13 rings (SSSR count). The van der Waals surface area contributed by atoms with Crippen LogP contribution in [0, 0.1) is 18.5 Å². The Balaban J connectivity index is 0.00000480. The smallest absolute Gasteiger partial charge is 0.268 e. The van der Waals surface area contributed by atoms with Crippen molar-refractivity contribution < 1.29 is 35.1 Å². The molecular weight excluding hydrogens is 1020 g/mol. The maximum atomic E-state index is 6.69. The zero-order chi connectivity index (χ0) is 44.3. The molecule has 0 bridgehead atoms. The summed E-state index contributed by atoms with van der Waals surface area (Å²) < 4.78 is 19.4. The van der Waals surface area contributed by atoms with Gasteiger partial charge >= 0.3 is 0 Å². The second kappa shape index (κ2) is 17.0. The van der Waals surface area contributed by atoms with E-state index in [-0.39, 0.29) is 21.1 Å². The molecule has 0 radical (unpaired) electrons. The minimum Gasteiger partial charge on any atom is -0.510 e. The van der Waals surface area contributed by atoms with E-state index >= 15 is 0 Å². The van der Waals surface area contributed by atoms with E-state index in [9.17, 15) is 0 Å². The molecule has 1 aliphatic heterocycles. The van der Waals surface area contributed by atoms with Crippen LogP contribution >= 0.6 is 0 Å². The van der Waals surface area contributed by atoms with Crippen molar-refractivity contribution in [2.75, 3.05) is 4.90 Å². The van der Waals surface area contributed by atoms with Gasteiger partial charge in [0, 0.05) is 50.3 Å². The molecule has 4 heterocycles. The molecule has 0 unspecified atom stereocenters. The second-order valence-corrected chi connectivity index (χ2v) is 16.4. The molecule has 0 amide bonds. The van der Waals surface area contributed by atoms with Gasteiger partial charge in [-0.25, -0.2) is 4.98 Å². The molecule has 68 heavy (non-hydrogen) atoms. The average Bonchev–Trinajstić information content (AvgIpc) is 3.94. The van der Waals surface area contributed by atoms with Crippen LogP contribution < -0.4 is 18.9 Å². The third kappa shape index (κ3) is 6.95. The van der Waals surface area contributed by atoms with Gasteiger partial charge in [-0.1, -0.05) is 151 Å². The van der Waals surface area contributed by atoms with Crippen LogP contribution in [0.3, 0.4) is 0 Å². The molecule has 8 heteroatoms. The largest absolute Gasteiger partial charge is 0.510 e. The Hall–Kier alpha value is -8.51. The van der Waals surface area contributed by atoms with Crippen molar-refractivity contribution >= 4 is 49.9 Å². The van der Waals surface area contributed by atoms with Crippen molar-refractivity contribution in [1.82, 2.24) is 14.1 Å². The standard InChI is InChI=1S/C60H37N5O2.Pt/c1-3-17-41(18-4-1)47-24-16-25-48(42-19-5-2-6-20-42)60(47)63-40-62(52-27-9-10-28-53(52)63)43-21-15-22-45(37-43)66-46-33-34-50-49-23-7-8-26-51(49)65(56(50)39-46)59-38-44(35-36-61-59)64-54-29-11-13-31-57(54)67-58-32-14-12-30-55(58)64;/h1-36,38H;/q-2;. The molecule has 326 valence electrons. The van der Waals surface area contributed by atoms with Crippen molar-refractivity contribution in [3.05, 3.63) is 243 Å². The average molecular weight is 1060 g/mol. The monoisotopic (exact) mass is 1050 g/mol. The van der Waals surface area contributed by atoms with E-state index in [0.29, 0.717) is 11.5 Å². The number of fused-ring (bicyclic) bond motifs is 6. The van der Waals surface area contributed by atoms with Gasteiger partial charge in [-0.3, -0.25) is 4.57 Å². The summed E-state index contributed by atoms with van der Waals surface area (Å²) in [5, 5.41) is 2.13. The number of imidazole rings is 1. The maximum Gasteiger partial charge on any atom is 0.268 e. The van der Waals surface area contributed by atoms with E-state index in [0.717, 1.165) is 101 Å². The molecule has 0 fully saturated rings. The van der Waals surface area contributed by atoms with Crippen LogP contribution in [0.15, 0.2) is 225 Å². The van der Waals surface area contributed by atoms with Crippen molar-refractivity contribution in [2.24, 2.45) is 0 Å². The number of nitrogens with zero attached hydrogens (tertiary/aromatic N) is 5. The van der Waals surface area contributed by atoms with Gasteiger partial charge in [0.2, 0.25) is 0 Å². The number of rotatable bonds is 8. The maximum absolute atomic E-state index is 6.69. The quantitative estimate of drug-likeness (QED) is 0.112. The van der Waals surface area contributed by atoms with E-state index < -0.39 is 0 Å². The summed E-state index contributed by atoms with van der Waals surface area (Å²) in [6.45, 7) is 0. The van der Waals surface area contributed by atoms with Gasteiger partial charge in [0.05, 0.1) is 33.8 Å². The number of para-hydroxylation sites is 8. The van der Waals surface area contributed by atoms with Crippen LogP contribution in [0.4, 0.5) is 17.1 Å². The minimum atomic E-state index is 0. The van der Waals surface area contributed by atoms with Crippen LogP contribution in [0.25, 0.3) is 72.3 Å². The summed E-state index contributed by atoms with van der Waals surface area (Å²) >= 11 is 0. The van der Waals surface area contributed by atoms with Gasteiger partial charge in [0.15, 0.2) is 11.5 Å². The molecule has 9 aromatic carbocycles. The summed E-state index contributed by atoms with van der Waals surface area (Å²) in [6.07, 6.45) is 5.62. The Kier molecular flexibility index (Phi) is 10.3. The van der Waals surface area contributed by atoms with E-state index in [2.05, 4.69) is 189 Å². The van der Waals surface area contributed by atoms with Crippen molar-refractivity contribution in [3.8, 4) is 62.4 Å². The van der Waals surface area contributed by atoms with Crippen LogP contribution in [-0.2, 0) is 21.1 Å². The summed E-state index contributed by atoms with van der Waals surface area (Å²) in [5.74, 6) is 3.44. The van der Waals surface area contributed by atoms with Gasteiger partial charge < -0.3 is 23.5 Å². The topological polar surface area (TPSA) is 48.3 Å². The van der Waals surface area contributed by atoms with Gasteiger partial charge in [0.1, 0.15) is 5.82 Å². The second-order valence-electron chi connectivity index (χ2n) is 16.4. The van der Waals surface area contributed by atoms with Crippen LogP contribution in [0.5, 0.6) is 23.0 Å². The summed E-state index contributed by atoms with van der Waals surface area (Å²) in [4.78, 5) is 7.20. The first-order valence-electron chi connectivity index (χ1n) is 22.2. The molecule has 0 saturated carbocycles. The van der Waals surface area contributed by atoms with Gasteiger partial charge in [0.25, 0.3) is 6.33 Å². The van der Waals surface area contributed by atoms with Crippen molar-refractivity contribution in [3.63, 3.8) is 0 Å². The summed E-state index contributed by atoms with van der Waals surface area (Å²) in [6, 6.07) is 82.0. The fourth-order valence-electron chi connectivity index (χ4n) is 9.46. The van der Waals surface area contributed by atoms with Gasteiger partial charge in [-0.2, -0.15) is 18.2 Å². The van der Waals surface area contributed by atoms with Crippen molar-refractivity contribution in [2.45, 2.75) is 0 Å². The molecule has 12 aromatic rings. The molecule has 0 N–H and O–H groups in total. The number of hydrogen-bond acceptors (Lipinski definition) is 4. The first-order chi connectivity index (χ1) is 33.2. The number of pyridine rings is 1. The summed E-state index contributed by atoms with van der Waals surface area (Å²) in [7, 11) is 0. The Labute approximate surface area is 407 Å². The third-order valence-corrected chi connectivity index (χ3v) is 12.4. The van der Waals surface area contributed by atoms with Gasteiger partial charge in [-0.05, 0) is 69.7 Å². The number of benzene rings is 9. The first kappa shape index (κ1) is 41.0. The Morgan fingerprint density at radius 2 is 1.13 bits per heavy atom. The molecule has 7 nitrogen and oxygen atoms in total. The summed E-state index contributed by atoms with van der Waals surface area (Å²) in [5.41, 5.74) is 13.0. The Morgan fingerprint density at radius 1 is 0.515 bits per heavy atom. The molecule has 1 aliphatic rings. The van der Waals surface area contributed by atoms with Crippen LogP contribution in [-0.4, -0.2) is 14.1 Å². The predicted octanol–water partition coefficient (Wildman–Crippen LogP) is 14.5. The van der Waals surface area contributed by atoms with E-state index in [1.54, 1.807) is 0 Å². The molecule has 0 atom stereocenters. The van der Waals surface area contributed by atoms with Gasteiger partial charge in [-0.15, -0.1) is 29.7 Å². The van der Waals surface area contributed by atoms with Crippen LogP contribution in [0.1, 0.15) is 0 Å². The van der Waals surface area contributed by atoms with Crippen molar-refractivity contribution in [1.29, 1.82) is 0 Å². The number of ether oxygens (including phenoxy) is 2. The molecule has 3 aromatic heterocycles. The first-order valence-corrected chi connectivity index (χ1v) is 22.2. The third-order valence-electron chi connectivity index (χ3n) is 12.4. The Morgan fingerprint density at radius 3 is 1.87 bits per heavy atom.